The zero-order valence-electron chi connectivity index (χ0n) is 10.1. The van der Waals surface area contributed by atoms with Crippen LogP contribution in [0, 0.1) is 6.92 Å². The lowest BCUT2D eigenvalue weighted by Gasteiger charge is -2.07. The van der Waals surface area contributed by atoms with Crippen LogP contribution in [0.15, 0.2) is 27.5 Å². The van der Waals surface area contributed by atoms with Crippen molar-refractivity contribution in [3.05, 3.63) is 50.1 Å². The second-order valence-corrected chi connectivity index (χ2v) is 4.95. The molecule has 2 rings (SSSR count). The van der Waals surface area contributed by atoms with Crippen molar-refractivity contribution in [2.75, 3.05) is 0 Å². The molecule has 0 saturated heterocycles. The smallest absolute Gasteiger partial charge is 0.294 e. The summed E-state index contributed by atoms with van der Waals surface area (Å²) in [6, 6.07) is 5.83. The van der Waals surface area contributed by atoms with Crippen molar-refractivity contribution >= 4 is 22.2 Å². The number of carbonyl (C=O) groups excluding carboxylic acids is 1. The standard InChI is InChI=1S/C12H12BrN3O2/c1-8-3-4-10(13)5-9(8)6-16-11(7-17)14-15(2)12(16)18/h3-5,7H,6H2,1-2H3. The Labute approximate surface area is 112 Å². The van der Waals surface area contributed by atoms with Crippen LogP contribution in [-0.4, -0.2) is 20.6 Å². The van der Waals surface area contributed by atoms with E-state index in [-0.39, 0.29) is 11.5 Å². The summed E-state index contributed by atoms with van der Waals surface area (Å²) in [6.45, 7) is 2.30. The lowest BCUT2D eigenvalue weighted by atomic mass is 10.1. The molecule has 18 heavy (non-hydrogen) atoms. The van der Waals surface area contributed by atoms with E-state index in [1.165, 1.54) is 11.6 Å². The molecule has 0 amide bonds. The number of hydrogen-bond donors (Lipinski definition) is 0. The van der Waals surface area contributed by atoms with Crippen LogP contribution < -0.4 is 5.69 Å². The fourth-order valence-corrected chi connectivity index (χ4v) is 2.15. The fraction of sp³-hybridized carbons (Fsp3) is 0.250. The molecule has 0 atom stereocenters. The Morgan fingerprint density at radius 2 is 2.17 bits per heavy atom. The number of halogens is 1. The van der Waals surface area contributed by atoms with E-state index in [1.807, 2.05) is 25.1 Å². The Kier molecular flexibility index (Phi) is 3.47. The molecule has 0 unspecified atom stereocenters. The number of nitrogens with zero attached hydrogens (tertiary/aromatic N) is 3. The molecule has 0 aliphatic heterocycles. The molecule has 0 aliphatic rings. The molecular weight excluding hydrogens is 298 g/mol. The summed E-state index contributed by atoms with van der Waals surface area (Å²) in [5.41, 5.74) is 1.74. The molecule has 0 saturated carbocycles. The van der Waals surface area contributed by atoms with Gasteiger partial charge in [-0.1, -0.05) is 22.0 Å². The van der Waals surface area contributed by atoms with Gasteiger partial charge in [0, 0.05) is 11.5 Å². The molecule has 6 heteroatoms. The summed E-state index contributed by atoms with van der Waals surface area (Å²) in [4.78, 5) is 22.7. The average Bonchev–Trinajstić information content (AvgIpc) is 2.61. The highest BCUT2D eigenvalue weighted by Crippen LogP contribution is 2.16. The highest BCUT2D eigenvalue weighted by atomic mass is 79.9. The molecule has 0 bridgehead atoms. The van der Waals surface area contributed by atoms with E-state index < -0.39 is 0 Å². The van der Waals surface area contributed by atoms with E-state index in [2.05, 4.69) is 21.0 Å². The summed E-state index contributed by atoms with van der Waals surface area (Å²) in [5, 5.41) is 3.86. The molecule has 0 radical (unpaired) electrons. The molecule has 5 nitrogen and oxygen atoms in total. The van der Waals surface area contributed by atoms with Crippen molar-refractivity contribution in [1.82, 2.24) is 14.3 Å². The van der Waals surface area contributed by atoms with Crippen LogP contribution in [0.25, 0.3) is 0 Å². The van der Waals surface area contributed by atoms with Crippen LogP contribution in [0.5, 0.6) is 0 Å². The molecule has 0 spiro atoms. The Hall–Kier alpha value is -1.69. The first-order valence-electron chi connectivity index (χ1n) is 5.37. The number of aromatic nitrogens is 3. The Morgan fingerprint density at radius 1 is 1.44 bits per heavy atom. The van der Waals surface area contributed by atoms with Gasteiger partial charge in [-0.3, -0.25) is 9.36 Å². The predicted octanol–water partition coefficient (Wildman–Crippen LogP) is 1.51. The molecule has 0 fully saturated rings. The van der Waals surface area contributed by atoms with E-state index in [0.717, 1.165) is 20.3 Å². The monoisotopic (exact) mass is 309 g/mol. The first-order valence-corrected chi connectivity index (χ1v) is 6.16. The van der Waals surface area contributed by atoms with Crippen molar-refractivity contribution in [2.24, 2.45) is 7.05 Å². The van der Waals surface area contributed by atoms with Crippen LogP contribution in [0.1, 0.15) is 21.7 Å². The van der Waals surface area contributed by atoms with Gasteiger partial charge in [0.1, 0.15) is 0 Å². The molecule has 94 valence electrons. The minimum Gasteiger partial charge on any atom is -0.294 e. The second kappa shape index (κ2) is 4.89. The van der Waals surface area contributed by atoms with E-state index in [4.69, 9.17) is 0 Å². The van der Waals surface area contributed by atoms with Gasteiger partial charge in [-0.05, 0) is 30.2 Å². The van der Waals surface area contributed by atoms with Gasteiger partial charge in [0.25, 0.3) is 0 Å². The maximum absolute atomic E-state index is 11.8. The van der Waals surface area contributed by atoms with Gasteiger partial charge in [0.2, 0.25) is 0 Å². The van der Waals surface area contributed by atoms with Crippen LogP contribution in [0.4, 0.5) is 0 Å². The van der Waals surface area contributed by atoms with Crippen LogP contribution in [-0.2, 0) is 13.6 Å². The van der Waals surface area contributed by atoms with Gasteiger partial charge in [-0.15, -0.1) is 5.10 Å². The predicted molar refractivity (Wildman–Crippen MR) is 70.8 cm³/mol. The van der Waals surface area contributed by atoms with Gasteiger partial charge in [0.15, 0.2) is 12.1 Å². The number of hydrogen-bond acceptors (Lipinski definition) is 3. The molecule has 0 N–H and O–H groups in total. The zero-order valence-corrected chi connectivity index (χ0v) is 11.6. The van der Waals surface area contributed by atoms with Gasteiger partial charge in [-0.25, -0.2) is 9.48 Å². The Balaban J connectivity index is 2.49. The Morgan fingerprint density at radius 3 is 2.83 bits per heavy atom. The summed E-state index contributed by atoms with van der Waals surface area (Å²) in [6.07, 6.45) is 0.592. The lowest BCUT2D eigenvalue weighted by molar-refractivity contribution is 0.111. The molecule has 1 heterocycles. The van der Waals surface area contributed by atoms with Crippen LogP contribution >= 0.6 is 15.9 Å². The minimum absolute atomic E-state index is 0.141. The fourth-order valence-electron chi connectivity index (χ4n) is 1.74. The average molecular weight is 310 g/mol. The summed E-state index contributed by atoms with van der Waals surface area (Å²) >= 11 is 3.39. The van der Waals surface area contributed by atoms with E-state index in [0.29, 0.717) is 12.8 Å². The largest absolute Gasteiger partial charge is 0.346 e. The first kappa shape index (κ1) is 12.8. The third-order valence-corrected chi connectivity index (χ3v) is 3.28. The number of aldehydes is 1. The van der Waals surface area contributed by atoms with Crippen molar-refractivity contribution in [2.45, 2.75) is 13.5 Å². The van der Waals surface area contributed by atoms with Crippen LogP contribution in [0.2, 0.25) is 0 Å². The van der Waals surface area contributed by atoms with Crippen molar-refractivity contribution in [1.29, 1.82) is 0 Å². The van der Waals surface area contributed by atoms with E-state index in [9.17, 15) is 9.59 Å². The highest BCUT2D eigenvalue weighted by molar-refractivity contribution is 9.10. The van der Waals surface area contributed by atoms with E-state index in [1.54, 1.807) is 0 Å². The molecule has 0 aliphatic carbocycles. The highest BCUT2D eigenvalue weighted by Gasteiger charge is 2.11. The Bertz CT molecular complexity index is 658. The molecule has 1 aromatic carbocycles. The van der Waals surface area contributed by atoms with Crippen molar-refractivity contribution < 1.29 is 4.79 Å². The quantitative estimate of drug-likeness (QED) is 0.808. The van der Waals surface area contributed by atoms with Gasteiger partial charge >= 0.3 is 5.69 Å². The SMILES string of the molecule is Cc1ccc(Br)cc1Cn1c(C=O)nn(C)c1=O. The third kappa shape index (κ3) is 2.28. The number of aryl methyl sites for hydroxylation is 2. The summed E-state index contributed by atoms with van der Waals surface area (Å²) < 4.78 is 3.46. The topological polar surface area (TPSA) is 56.9 Å². The van der Waals surface area contributed by atoms with Gasteiger partial charge in [0.05, 0.1) is 6.54 Å². The zero-order chi connectivity index (χ0) is 13.3. The number of benzene rings is 1. The maximum atomic E-state index is 11.8. The minimum atomic E-state index is -0.295. The molecular formula is C12H12BrN3O2. The first-order chi connectivity index (χ1) is 8.52. The van der Waals surface area contributed by atoms with Crippen molar-refractivity contribution in [3.8, 4) is 0 Å². The normalized spacial score (nSPS) is 10.6. The van der Waals surface area contributed by atoms with Crippen molar-refractivity contribution in [3.63, 3.8) is 0 Å². The summed E-state index contributed by atoms with van der Waals surface area (Å²) in [5.74, 6) is 0.141. The third-order valence-electron chi connectivity index (χ3n) is 2.78. The molecule has 1 aromatic heterocycles. The van der Waals surface area contributed by atoms with E-state index >= 15 is 0 Å². The second-order valence-electron chi connectivity index (χ2n) is 4.04. The molecule has 2 aromatic rings. The van der Waals surface area contributed by atoms with Gasteiger partial charge < -0.3 is 0 Å². The maximum Gasteiger partial charge on any atom is 0.346 e. The van der Waals surface area contributed by atoms with Gasteiger partial charge in [-0.2, -0.15) is 0 Å². The lowest BCUT2D eigenvalue weighted by Crippen LogP contribution is -2.24. The summed E-state index contributed by atoms with van der Waals surface area (Å²) in [7, 11) is 1.53. The number of carbonyl (C=O) groups is 1. The van der Waals surface area contributed by atoms with Crippen LogP contribution in [0.3, 0.4) is 0 Å². The number of rotatable bonds is 3.